The number of carbonyl (C=O) groups excluding carboxylic acids is 1. The quantitative estimate of drug-likeness (QED) is 0.567. The summed E-state index contributed by atoms with van der Waals surface area (Å²) in [6, 6.07) is 17.2. The molecule has 0 saturated carbocycles. The molecule has 1 unspecified atom stereocenters. The molecule has 1 fully saturated rings. The normalized spacial score (nSPS) is 19.3. The van der Waals surface area contributed by atoms with Gasteiger partial charge in [-0.2, -0.15) is 9.40 Å². The molecule has 2 heterocycles. The number of piperidine rings is 1. The van der Waals surface area contributed by atoms with E-state index in [1.807, 2.05) is 43.5 Å². The number of aromatic nitrogens is 2. The van der Waals surface area contributed by atoms with Crippen molar-refractivity contribution in [3.8, 4) is 0 Å². The fourth-order valence-corrected chi connectivity index (χ4v) is 6.64. The molecule has 8 heteroatoms. The number of hydrogen-bond donors (Lipinski definition) is 1. The summed E-state index contributed by atoms with van der Waals surface area (Å²) in [7, 11) is -3.53. The second kappa shape index (κ2) is 9.95. The largest absolute Gasteiger partial charge is 0.349 e. The van der Waals surface area contributed by atoms with Crippen LogP contribution in [0.1, 0.15) is 54.1 Å². The van der Waals surface area contributed by atoms with Crippen molar-refractivity contribution in [2.24, 2.45) is 5.92 Å². The van der Waals surface area contributed by atoms with E-state index in [1.165, 1.54) is 15.6 Å². The van der Waals surface area contributed by atoms with Gasteiger partial charge in [-0.15, -0.1) is 0 Å². The Hall–Kier alpha value is -2.97. The highest BCUT2D eigenvalue weighted by Crippen LogP contribution is 2.31. The smallest absolute Gasteiger partial charge is 0.243 e. The lowest BCUT2D eigenvalue weighted by Crippen LogP contribution is -2.44. The molecule has 7 nitrogen and oxygen atoms in total. The predicted octanol–water partition coefficient (Wildman–Crippen LogP) is 3.83. The first-order valence-corrected chi connectivity index (χ1v) is 13.8. The number of rotatable bonds is 6. The van der Waals surface area contributed by atoms with Crippen molar-refractivity contribution in [1.82, 2.24) is 19.4 Å². The van der Waals surface area contributed by atoms with Gasteiger partial charge in [-0.1, -0.05) is 48.0 Å². The predicted molar refractivity (Wildman–Crippen MR) is 134 cm³/mol. The summed E-state index contributed by atoms with van der Waals surface area (Å²) in [5.41, 5.74) is 4.54. The van der Waals surface area contributed by atoms with Crippen LogP contribution < -0.4 is 5.32 Å². The summed E-state index contributed by atoms with van der Waals surface area (Å²) in [6.45, 7) is 3.38. The second-order valence-corrected chi connectivity index (χ2v) is 11.6. The van der Waals surface area contributed by atoms with Crippen molar-refractivity contribution in [1.29, 1.82) is 0 Å². The SMILES string of the molecule is Cc1ccc(S(=O)(=O)N2CCC(C(=O)NC3CCCc4c3cnn4Cc3ccccc3)CC2)cc1. The molecule has 5 rings (SSSR count). The van der Waals surface area contributed by atoms with Gasteiger partial charge in [0, 0.05) is 30.3 Å². The van der Waals surface area contributed by atoms with Gasteiger partial charge in [-0.25, -0.2) is 8.42 Å². The highest BCUT2D eigenvalue weighted by molar-refractivity contribution is 7.89. The van der Waals surface area contributed by atoms with Crippen LogP contribution in [0.5, 0.6) is 0 Å². The molecule has 1 aliphatic heterocycles. The molecule has 0 radical (unpaired) electrons. The van der Waals surface area contributed by atoms with Crippen molar-refractivity contribution < 1.29 is 13.2 Å². The van der Waals surface area contributed by atoms with E-state index in [0.29, 0.717) is 30.8 Å². The summed E-state index contributed by atoms with van der Waals surface area (Å²) < 4.78 is 29.5. The van der Waals surface area contributed by atoms with Gasteiger partial charge < -0.3 is 5.32 Å². The summed E-state index contributed by atoms with van der Waals surface area (Å²) in [5.74, 6) is -0.157. The maximum absolute atomic E-state index is 13.1. The Kier molecular flexibility index (Phi) is 6.75. The minimum Gasteiger partial charge on any atom is -0.349 e. The van der Waals surface area contributed by atoms with Gasteiger partial charge in [0.05, 0.1) is 23.7 Å². The Labute approximate surface area is 207 Å². The molecule has 1 N–H and O–H groups in total. The molecule has 2 aromatic carbocycles. The third kappa shape index (κ3) is 5.04. The molecule has 1 amide bonds. The summed E-state index contributed by atoms with van der Waals surface area (Å²) >= 11 is 0. The van der Waals surface area contributed by atoms with Crippen LogP contribution in [0.4, 0.5) is 0 Å². The Morgan fingerprint density at radius 1 is 1.03 bits per heavy atom. The zero-order valence-corrected chi connectivity index (χ0v) is 20.9. The Balaban J connectivity index is 1.20. The number of nitrogens with zero attached hydrogens (tertiary/aromatic N) is 3. The van der Waals surface area contributed by atoms with E-state index in [-0.39, 0.29) is 17.9 Å². The Morgan fingerprint density at radius 3 is 2.46 bits per heavy atom. The molecular weight excluding hydrogens is 460 g/mol. The van der Waals surface area contributed by atoms with Crippen LogP contribution in [0.3, 0.4) is 0 Å². The van der Waals surface area contributed by atoms with Crippen LogP contribution in [-0.2, 0) is 27.8 Å². The van der Waals surface area contributed by atoms with E-state index in [9.17, 15) is 13.2 Å². The number of sulfonamides is 1. The van der Waals surface area contributed by atoms with Crippen LogP contribution in [0.25, 0.3) is 0 Å². The molecule has 3 aromatic rings. The van der Waals surface area contributed by atoms with Gasteiger partial charge in [0.1, 0.15) is 0 Å². The fourth-order valence-electron chi connectivity index (χ4n) is 5.17. The van der Waals surface area contributed by atoms with Crippen molar-refractivity contribution in [2.75, 3.05) is 13.1 Å². The van der Waals surface area contributed by atoms with Gasteiger partial charge in [0.25, 0.3) is 0 Å². The molecular formula is C27H32N4O3S. The maximum Gasteiger partial charge on any atom is 0.243 e. The lowest BCUT2D eigenvalue weighted by Gasteiger charge is -2.32. The van der Waals surface area contributed by atoms with Crippen molar-refractivity contribution in [2.45, 2.75) is 56.5 Å². The fraction of sp³-hybridized carbons (Fsp3) is 0.407. The van der Waals surface area contributed by atoms with Crippen molar-refractivity contribution >= 4 is 15.9 Å². The first-order valence-electron chi connectivity index (χ1n) is 12.4. The lowest BCUT2D eigenvalue weighted by atomic mass is 9.91. The Morgan fingerprint density at radius 2 is 1.74 bits per heavy atom. The summed E-state index contributed by atoms with van der Waals surface area (Å²) in [6.07, 6.45) is 5.83. The molecule has 0 bridgehead atoms. The number of amides is 1. The van der Waals surface area contributed by atoms with Crippen LogP contribution in [0, 0.1) is 12.8 Å². The van der Waals surface area contributed by atoms with Crippen LogP contribution in [0.15, 0.2) is 65.7 Å². The van der Waals surface area contributed by atoms with E-state index in [1.54, 1.807) is 12.1 Å². The Bertz CT molecular complexity index is 1280. The molecule has 2 aliphatic rings. The van der Waals surface area contributed by atoms with Crippen LogP contribution >= 0.6 is 0 Å². The van der Waals surface area contributed by atoms with Crippen LogP contribution in [-0.4, -0.2) is 41.5 Å². The zero-order chi connectivity index (χ0) is 24.4. The first-order chi connectivity index (χ1) is 16.9. The van der Waals surface area contributed by atoms with E-state index >= 15 is 0 Å². The third-order valence-corrected chi connectivity index (χ3v) is 9.15. The van der Waals surface area contributed by atoms with Gasteiger partial charge in [0.15, 0.2) is 0 Å². The standard InChI is InChI=1S/C27H32N4O3S/c1-20-10-12-23(13-11-20)35(33,34)30-16-14-22(15-17-30)27(32)29-25-8-5-9-26-24(25)18-28-31(26)19-21-6-3-2-4-7-21/h2-4,6-7,10-13,18,22,25H,5,8-9,14-17,19H2,1H3,(H,29,32). The number of aryl methyl sites for hydroxylation is 1. The number of nitrogens with one attached hydrogen (secondary N) is 1. The minimum absolute atomic E-state index is 0.0195. The van der Waals surface area contributed by atoms with Gasteiger partial charge >= 0.3 is 0 Å². The van der Waals surface area contributed by atoms with E-state index in [0.717, 1.165) is 36.9 Å². The van der Waals surface area contributed by atoms with Crippen molar-refractivity contribution in [3.05, 3.63) is 83.2 Å². The van der Waals surface area contributed by atoms with Gasteiger partial charge in [0.2, 0.25) is 15.9 Å². The first kappa shape index (κ1) is 23.8. The van der Waals surface area contributed by atoms with Crippen molar-refractivity contribution in [3.63, 3.8) is 0 Å². The summed E-state index contributed by atoms with van der Waals surface area (Å²) in [5, 5.41) is 7.88. The molecule has 1 saturated heterocycles. The number of hydrogen-bond acceptors (Lipinski definition) is 4. The monoisotopic (exact) mass is 492 g/mol. The maximum atomic E-state index is 13.1. The topological polar surface area (TPSA) is 84.3 Å². The number of benzene rings is 2. The van der Waals surface area contributed by atoms with Gasteiger partial charge in [-0.05, 0) is 56.7 Å². The minimum atomic E-state index is -3.53. The number of carbonyl (C=O) groups is 1. The average Bonchev–Trinajstić information content (AvgIpc) is 3.28. The van der Waals surface area contributed by atoms with E-state index in [2.05, 4.69) is 27.2 Å². The van der Waals surface area contributed by atoms with E-state index in [4.69, 9.17) is 0 Å². The summed E-state index contributed by atoms with van der Waals surface area (Å²) in [4.78, 5) is 13.4. The molecule has 1 aromatic heterocycles. The van der Waals surface area contributed by atoms with Crippen LogP contribution in [0.2, 0.25) is 0 Å². The highest BCUT2D eigenvalue weighted by Gasteiger charge is 2.34. The van der Waals surface area contributed by atoms with E-state index < -0.39 is 10.0 Å². The second-order valence-electron chi connectivity index (χ2n) is 9.63. The average molecular weight is 493 g/mol. The highest BCUT2D eigenvalue weighted by atomic mass is 32.2. The lowest BCUT2D eigenvalue weighted by molar-refractivity contribution is -0.127. The molecule has 1 aliphatic carbocycles. The molecule has 0 spiro atoms. The molecule has 1 atom stereocenters. The zero-order valence-electron chi connectivity index (χ0n) is 20.1. The van der Waals surface area contributed by atoms with Gasteiger partial charge in [-0.3, -0.25) is 9.48 Å². The third-order valence-electron chi connectivity index (χ3n) is 7.24. The molecule has 184 valence electrons. The molecule has 35 heavy (non-hydrogen) atoms. The number of fused-ring (bicyclic) bond motifs is 1.